The summed E-state index contributed by atoms with van der Waals surface area (Å²) in [5, 5.41) is 11.8. The largest absolute Gasteiger partial charge is 0.382 e. The number of carbonyl (C=O) groups excluding carboxylic acids is 2. The van der Waals surface area contributed by atoms with Crippen molar-refractivity contribution in [3.63, 3.8) is 0 Å². The lowest BCUT2D eigenvalue weighted by Gasteiger charge is -2.06. The average Bonchev–Trinajstić information content (AvgIpc) is 2.53. The molecule has 0 fully saturated rings. The smallest absolute Gasteiger partial charge is 0.234 e. The second-order valence-electron chi connectivity index (χ2n) is 4.54. The minimum Gasteiger partial charge on any atom is -0.382 e. The van der Waals surface area contributed by atoms with Crippen LogP contribution in [0.2, 0.25) is 0 Å². The van der Waals surface area contributed by atoms with Crippen LogP contribution in [0.5, 0.6) is 0 Å². The highest BCUT2D eigenvalue weighted by Gasteiger charge is 2.09. The van der Waals surface area contributed by atoms with Crippen LogP contribution in [0.25, 0.3) is 0 Å². The quantitative estimate of drug-likeness (QED) is 0.488. The van der Waals surface area contributed by atoms with Gasteiger partial charge >= 0.3 is 0 Å². The molecule has 1 aromatic heterocycles. The predicted octanol–water partition coefficient (Wildman–Crippen LogP) is 1.86. The first kappa shape index (κ1) is 16.5. The van der Waals surface area contributed by atoms with Crippen molar-refractivity contribution in [2.45, 2.75) is 12.1 Å². The number of hydrogen-bond donors (Lipinski definition) is 2. The molecule has 2 rings (SSSR count). The number of Topliss-reactive ketones (excluding diaryl/α,β-unsaturated/α-hetero) is 1. The zero-order valence-corrected chi connectivity index (χ0v) is 13.1. The van der Waals surface area contributed by atoms with Gasteiger partial charge in [-0.2, -0.15) is 5.26 Å². The predicted molar refractivity (Wildman–Crippen MR) is 87.0 cm³/mol. The molecule has 8 heteroatoms. The summed E-state index contributed by atoms with van der Waals surface area (Å²) in [4.78, 5) is 31.1. The zero-order valence-electron chi connectivity index (χ0n) is 12.2. The van der Waals surface area contributed by atoms with E-state index in [1.807, 2.05) is 6.07 Å². The van der Waals surface area contributed by atoms with Gasteiger partial charge in [0.2, 0.25) is 5.91 Å². The Morgan fingerprint density at radius 3 is 2.87 bits per heavy atom. The third-order valence-electron chi connectivity index (χ3n) is 2.80. The lowest BCUT2D eigenvalue weighted by atomic mass is 10.1. The molecule has 0 saturated heterocycles. The van der Waals surface area contributed by atoms with Crippen LogP contribution in [0.15, 0.2) is 35.6 Å². The Kier molecular flexibility index (Phi) is 5.28. The molecule has 0 aliphatic rings. The molecule has 2 aromatic rings. The number of amides is 1. The first-order chi connectivity index (χ1) is 11.0. The van der Waals surface area contributed by atoms with Gasteiger partial charge in [0.25, 0.3) is 0 Å². The summed E-state index contributed by atoms with van der Waals surface area (Å²) < 4.78 is 0. The SMILES string of the molecule is CC(=O)c1cccc(NC(=O)CSc2ncc(C#N)c(N)n2)c1. The molecule has 0 bridgehead atoms. The summed E-state index contributed by atoms with van der Waals surface area (Å²) in [5.41, 5.74) is 6.85. The standard InChI is InChI=1S/C15H13N5O2S/c1-9(21)10-3-2-4-12(5-10)19-13(22)8-23-15-18-7-11(6-16)14(17)20-15/h2-5,7H,8H2,1H3,(H,19,22)(H2,17,18,20). The fourth-order valence-corrected chi connectivity index (χ4v) is 2.30. The number of anilines is 2. The topological polar surface area (TPSA) is 122 Å². The number of aromatic nitrogens is 2. The number of carbonyl (C=O) groups is 2. The molecule has 116 valence electrons. The van der Waals surface area contributed by atoms with Crippen LogP contribution in [0, 0.1) is 11.3 Å². The van der Waals surface area contributed by atoms with Gasteiger partial charge in [0.1, 0.15) is 17.5 Å². The number of rotatable bonds is 5. The zero-order chi connectivity index (χ0) is 16.8. The normalized spacial score (nSPS) is 9.91. The molecular formula is C15H13N5O2S. The lowest BCUT2D eigenvalue weighted by Crippen LogP contribution is -2.14. The maximum Gasteiger partial charge on any atom is 0.234 e. The van der Waals surface area contributed by atoms with Crippen molar-refractivity contribution in [3.05, 3.63) is 41.6 Å². The maximum absolute atomic E-state index is 11.9. The Morgan fingerprint density at radius 1 is 1.43 bits per heavy atom. The molecule has 3 N–H and O–H groups in total. The Labute approximate surface area is 136 Å². The summed E-state index contributed by atoms with van der Waals surface area (Å²) in [5.74, 6) is -0.172. The Balaban J connectivity index is 1.95. The van der Waals surface area contributed by atoms with Gasteiger partial charge < -0.3 is 11.1 Å². The van der Waals surface area contributed by atoms with Crippen LogP contribution >= 0.6 is 11.8 Å². The van der Waals surface area contributed by atoms with Gasteiger partial charge in [0.15, 0.2) is 10.9 Å². The number of benzene rings is 1. The van der Waals surface area contributed by atoms with Gasteiger partial charge in [-0.3, -0.25) is 9.59 Å². The molecule has 0 radical (unpaired) electrons. The van der Waals surface area contributed by atoms with E-state index in [1.54, 1.807) is 24.3 Å². The van der Waals surface area contributed by atoms with Crippen LogP contribution in [0.1, 0.15) is 22.8 Å². The van der Waals surface area contributed by atoms with E-state index in [1.165, 1.54) is 13.1 Å². The van der Waals surface area contributed by atoms with Crippen LogP contribution in [0.4, 0.5) is 11.5 Å². The van der Waals surface area contributed by atoms with E-state index in [0.29, 0.717) is 16.4 Å². The van der Waals surface area contributed by atoms with Crippen LogP contribution in [-0.4, -0.2) is 27.4 Å². The van der Waals surface area contributed by atoms with Crippen molar-refractivity contribution in [1.82, 2.24) is 9.97 Å². The fraction of sp³-hybridized carbons (Fsp3) is 0.133. The van der Waals surface area contributed by atoms with Crippen molar-refractivity contribution >= 4 is 35.0 Å². The Bertz CT molecular complexity index is 801. The van der Waals surface area contributed by atoms with Gasteiger partial charge in [-0.1, -0.05) is 23.9 Å². The van der Waals surface area contributed by atoms with E-state index >= 15 is 0 Å². The van der Waals surface area contributed by atoms with E-state index in [-0.39, 0.29) is 28.8 Å². The van der Waals surface area contributed by atoms with E-state index in [0.717, 1.165) is 11.8 Å². The molecule has 1 amide bonds. The second-order valence-corrected chi connectivity index (χ2v) is 5.48. The van der Waals surface area contributed by atoms with Crippen molar-refractivity contribution in [3.8, 4) is 6.07 Å². The molecule has 0 atom stereocenters. The van der Waals surface area contributed by atoms with Crippen molar-refractivity contribution in [2.75, 3.05) is 16.8 Å². The Hall–Kier alpha value is -2.92. The number of nitrogens with two attached hydrogens (primary N) is 1. The lowest BCUT2D eigenvalue weighted by molar-refractivity contribution is -0.113. The highest BCUT2D eigenvalue weighted by atomic mass is 32.2. The highest BCUT2D eigenvalue weighted by Crippen LogP contribution is 2.17. The third kappa shape index (κ3) is 4.52. The van der Waals surface area contributed by atoms with E-state index in [4.69, 9.17) is 11.0 Å². The summed E-state index contributed by atoms with van der Waals surface area (Å²) in [6.45, 7) is 1.46. The van der Waals surface area contributed by atoms with Gasteiger partial charge in [-0.15, -0.1) is 0 Å². The number of hydrogen-bond acceptors (Lipinski definition) is 7. The minimum absolute atomic E-state index is 0.0723. The maximum atomic E-state index is 11.9. The van der Waals surface area contributed by atoms with Crippen LogP contribution < -0.4 is 11.1 Å². The average molecular weight is 327 g/mol. The number of ketones is 1. The molecule has 0 unspecified atom stereocenters. The Morgan fingerprint density at radius 2 is 2.22 bits per heavy atom. The molecule has 0 saturated carbocycles. The molecule has 0 spiro atoms. The molecule has 23 heavy (non-hydrogen) atoms. The minimum atomic E-state index is -0.262. The van der Waals surface area contributed by atoms with Gasteiger partial charge in [0, 0.05) is 11.3 Å². The van der Waals surface area contributed by atoms with Crippen molar-refractivity contribution < 1.29 is 9.59 Å². The summed E-state index contributed by atoms with van der Waals surface area (Å²) >= 11 is 1.10. The number of nitrogen functional groups attached to an aromatic ring is 1. The first-order valence-electron chi connectivity index (χ1n) is 6.56. The summed E-state index contributed by atoms with van der Waals surface area (Å²) in [7, 11) is 0. The summed E-state index contributed by atoms with van der Waals surface area (Å²) in [6.07, 6.45) is 1.32. The van der Waals surface area contributed by atoms with Crippen molar-refractivity contribution in [1.29, 1.82) is 5.26 Å². The van der Waals surface area contributed by atoms with Gasteiger partial charge in [-0.05, 0) is 19.1 Å². The molecule has 1 aromatic carbocycles. The van der Waals surface area contributed by atoms with Crippen molar-refractivity contribution in [2.24, 2.45) is 0 Å². The van der Waals surface area contributed by atoms with E-state index in [9.17, 15) is 9.59 Å². The summed E-state index contributed by atoms with van der Waals surface area (Å²) in [6, 6.07) is 8.56. The first-order valence-corrected chi connectivity index (χ1v) is 7.54. The number of nitrogens with zero attached hydrogens (tertiary/aromatic N) is 3. The second kappa shape index (κ2) is 7.38. The monoisotopic (exact) mass is 327 g/mol. The van der Waals surface area contributed by atoms with Crippen LogP contribution in [-0.2, 0) is 4.79 Å². The van der Waals surface area contributed by atoms with Gasteiger partial charge in [0.05, 0.1) is 11.9 Å². The van der Waals surface area contributed by atoms with Gasteiger partial charge in [-0.25, -0.2) is 9.97 Å². The fourth-order valence-electron chi connectivity index (χ4n) is 1.68. The van der Waals surface area contributed by atoms with E-state index in [2.05, 4.69) is 15.3 Å². The molecule has 7 nitrogen and oxygen atoms in total. The molecular weight excluding hydrogens is 314 g/mol. The number of thioether (sulfide) groups is 1. The van der Waals surface area contributed by atoms with E-state index < -0.39 is 0 Å². The number of nitrogens with one attached hydrogen (secondary N) is 1. The molecule has 1 heterocycles. The van der Waals surface area contributed by atoms with Crippen LogP contribution in [0.3, 0.4) is 0 Å². The molecule has 0 aliphatic heterocycles. The highest BCUT2D eigenvalue weighted by molar-refractivity contribution is 7.99. The number of nitriles is 1. The molecule has 0 aliphatic carbocycles. The third-order valence-corrected chi connectivity index (χ3v) is 3.66.